The van der Waals surface area contributed by atoms with Gasteiger partial charge in [-0.1, -0.05) is 51.1 Å². The standard InChI is InChI=1S/C19H29NO5Si/c1-19(2,3)26(4,5)25-15-11-16(17(21)22)20(12-15)18(23)24-13-14-9-7-6-8-10-14/h6-10,15-16H,11-13H2,1-5H3,(H,21,22)/t15-,16-/m0/s1. The Labute approximate surface area is 156 Å². The van der Waals surface area contributed by atoms with Crippen molar-refractivity contribution in [1.82, 2.24) is 4.90 Å². The predicted octanol–water partition coefficient (Wildman–Crippen LogP) is 3.87. The van der Waals surface area contributed by atoms with Crippen LogP contribution in [0.1, 0.15) is 32.8 Å². The molecule has 1 heterocycles. The molecular weight excluding hydrogens is 350 g/mol. The Hall–Kier alpha value is -1.86. The molecule has 1 saturated heterocycles. The number of nitrogens with zero attached hydrogens (tertiary/aromatic N) is 1. The third kappa shape index (κ3) is 4.85. The zero-order valence-electron chi connectivity index (χ0n) is 16.2. The number of carboxylic acids is 1. The minimum Gasteiger partial charge on any atom is -0.480 e. The molecule has 2 rings (SSSR count). The minimum absolute atomic E-state index is 0.0208. The fourth-order valence-corrected chi connectivity index (χ4v) is 4.07. The van der Waals surface area contributed by atoms with Gasteiger partial charge in [0.1, 0.15) is 12.6 Å². The number of rotatable bonds is 5. The van der Waals surface area contributed by atoms with E-state index < -0.39 is 26.4 Å². The molecule has 26 heavy (non-hydrogen) atoms. The van der Waals surface area contributed by atoms with Crippen molar-refractivity contribution in [3.63, 3.8) is 0 Å². The van der Waals surface area contributed by atoms with Crippen molar-refractivity contribution in [2.24, 2.45) is 0 Å². The maximum Gasteiger partial charge on any atom is 0.410 e. The highest BCUT2D eigenvalue weighted by Crippen LogP contribution is 2.39. The molecule has 0 bridgehead atoms. The average Bonchev–Trinajstić information content (AvgIpc) is 2.96. The van der Waals surface area contributed by atoms with Crippen LogP contribution in [0.15, 0.2) is 30.3 Å². The highest BCUT2D eigenvalue weighted by molar-refractivity contribution is 6.74. The summed E-state index contributed by atoms with van der Waals surface area (Å²) in [6, 6.07) is 8.41. The second kappa shape index (κ2) is 7.80. The first-order valence-electron chi connectivity index (χ1n) is 8.89. The lowest BCUT2D eigenvalue weighted by molar-refractivity contribution is -0.141. The molecule has 0 saturated carbocycles. The summed E-state index contributed by atoms with van der Waals surface area (Å²) in [6.07, 6.45) is -0.591. The van der Waals surface area contributed by atoms with Gasteiger partial charge in [0.05, 0.1) is 6.10 Å². The number of ether oxygens (including phenoxy) is 1. The first-order chi connectivity index (χ1) is 12.0. The van der Waals surface area contributed by atoms with Crippen LogP contribution in [0, 0.1) is 0 Å². The summed E-state index contributed by atoms with van der Waals surface area (Å²) in [5, 5.41) is 9.52. The van der Waals surface area contributed by atoms with Crippen LogP contribution >= 0.6 is 0 Å². The largest absolute Gasteiger partial charge is 0.480 e. The fourth-order valence-electron chi connectivity index (χ4n) is 2.71. The van der Waals surface area contributed by atoms with Gasteiger partial charge in [0.15, 0.2) is 8.32 Å². The Kier molecular flexibility index (Phi) is 6.13. The lowest BCUT2D eigenvalue weighted by Crippen LogP contribution is -2.45. The molecule has 1 fully saturated rings. The molecule has 0 radical (unpaired) electrons. The molecule has 1 aromatic carbocycles. The summed E-state index contributed by atoms with van der Waals surface area (Å²) in [5.41, 5.74) is 0.862. The second-order valence-electron chi connectivity index (χ2n) is 8.28. The van der Waals surface area contributed by atoms with Gasteiger partial charge in [-0.2, -0.15) is 0 Å². The smallest absolute Gasteiger partial charge is 0.410 e. The molecule has 1 aliphatic rings. The van der Waals surface area contributed by atoms with E-state index in [9.17, 15) is 14.7 Å². The van der Waals surface area contributed by atoms with Gasteiger partial charge in [-0.25, -0.2) is 9.59 Å². The summed E-state index contributed by atoms with van der Waals surface area (Å²) in [4.78, 5) is 25.3. The first-order valence-corrected chi connectivity index (χ1v) is 11.8. The van der Waals surface area contributed by atoms with Crippen LogP contribution in [0.4, 0.5) is 4.79 Å². The zero-order valence-corrected chi connectivity index (χ0v) is 17.2. The third-order valence-corrected chi connectivity index (χ3v) is 9.79. The molecule has 7 heteroatoms. The number of aliphatic carboxylic acids is 1. The molecule has 1 amide bonds. The van der Waals surface area contributed by atoms with E-state index in [1.54, 1.807) is 0 Å². The van der Waals surface area contributed by atoms with E-state index in [2.05, 4.69) is 33.9 Å². The molecule has 0 aromatic heterocycles. The second-order valence-corrected chi connectivity index (χ2v) is 13.0. The summed E-state index contributed by atoms with van der Waals surface area (Å²) >= 11 is 0. The number of carbonyl (C=O) groups excluding carboxylic acids is 1. The number of hydrogen-bond donors (Lipinski definition) is 1. The van der Waals surface area contributed by atoms with Gasteiger partial charge in [0.2, 0.25) is 0 Å². The Morgan fingerprint density at radius 2 is 1.85 bits per heavy atom. The molecule has 1 aliphatic heterocycles. The molecule has 1 N–H and O–H groups in total. The van der Waals surface area contributed by atoms with E-state index >= 15 is 0 Å². The average molecular weight is 380 g/mol. The zero-order chi connectivity index (χ0) is 19.5. The van der Waals surface area contributed by atoms with Crippen LogP contribution < -0.4 is 0 Å². The van der Waals surface area contributed by atoms with E-state index in [1.165, 1.54) is 4.90 Å². The van der Waals surface area contributed by atoms with E-state index in [0.717, 1.165) is 5.56 Å². The normalized spacial score (nSPS) is 20.9. The van der Waals surface area contributed by atoms with Crippen molar-refractivity contribution in [2.45, 2.75) is 64.1 Å². The first kappa shape index (κ1) is 20.4. The Bertz CT molecular complexity index is 641. The summed E-state index contributed by atoms with van der Waals surface area (Å²) in [5.74, 6) is -1.03. The van der Waals surface area contributed by atoms with E-state index in [-0.39, 0.29) is 24.3 Å². The summed E-state index contributed by atoms with van der Waals surface area (Å²) in [6.45, 7) is 11.0. The number of carbonyl (C=O) groups is 2. The number of likely N-dealkylation sites (tertiary alicyclic amines) is 1. The van der Waals surface area contributed by atoms with Crippen LogP contribution in [0.3, 0.4) is 0 Å². The van der Waals surface area contributed by atoms with Crippen LogP contribution in [0.25, 0.3) is 0 Å². The highest BCUT2D eigenvalue weighted by atomic mass is 28.4. The van der Waals surface area contributed by atoms with Crippen LogP contribution in [0.2, 0.25) is 18.1 Å². The van der Waals surface area contributed by atoms with Gasteiger partial charge in [-0.15, -0.1) is 0 Å². The Morgan fingerprint density at radius 3 is 2.38 bits per heavy atom. The fraction of sp³-hybridized carbons (Fsp3) is 0.579. The lowest BCUT2D eigenvalue weighted by atomic mass is 10.2. The summed E-state index contributed by atoms with van der Waals surface area (Å²) < 4.78 is 11.6. The summed E-state index contributed by atoms with van der Waals surface area (Å²) in [7, 11) is -2.04. The van der Waals surface area contributed by atoms with E-state index in [0.29, 0.717) is 6.42 Å². The van der Waals surface area contributed by atoms with E-state index in [1.807, 2.05) is 30.3 Å². The highest BCUT2D eigenvalue weighted by Gasteiger charge is 2.46. The molecular formula is C19H29NO5Si. The molecule has 0 aliphatic carbocycles. The molecule has 2 atom stereocenters. The monoisotopic (exact) mass is 379 g/mol. The topological polar surface area (TPSA) is 76.1 Å². The van der Waals surface area contributed by atoms with Gasteiger partial charge in [0.25, 0.3) is 0 Å². The van der Waals surface area contributed by atoms with Gasteiger partial charge in [-0.3, -0.25) is 4.90 Å². The van der Waals surface area contributed by atoms with Crippen LogP contribution in [0.5, 0.6) is 0 Å². The van der Waals surface area contributed by atoms with Gasteiger partial charge in [-0.05, 0) is 23.7 Å². The Balaban J connectivity index is 2.02. The predicted molar refractivity (Wildman–Crippen MR) is 101 cm³/mol. The van der Waals surface area contributed by atoms with Crippen molar-refractivity contribution in [3.8, 4) is 0 Å². The van der Waals surface area contributed by atoms with Crippen molar-refractivity contribution < 1.29 is 23.9 Å². The molecule has 144 valence electrons. The maximum absolute atomic E-state index is 12.4. The number of carboxylic acid groups (broad SMARTS) is 1. The minimum atomic E-state index is -2.04. The van der Waals surface area contributed by atoms with Crippen LogP contribution in [-0.4, -0.2) is 49.1 Å². The molecule has 1 aromatic rings. The van der Waals surface area contributed by atoms with Crippen molar-refractivity contribution in [3.05, 3.63) is 35.9 Å². The molecule has 0 unspecified atom stereocenters. The van der Waals surface area contributed by atoms with Crippen molar-refractivity contribution in [2.75, 3.05) is 6.54 Å². The van der Waals surface area contributed by atoms with Crippen molar-refractivity contribution >= 4 is 20.4 Å². The number of benzene rings is 1. The molecule has 0 spiro atoms. The SMILES string of the molecule is CC(C)(C)[Si](C)(C)O[C@H]1C[C@@H](C(=O)O)N(C(=O)OCc2ccccc2)C1. The Morgan fingerprint density at radius 1 is 1.23 bits per heavy atom. The lowest BCUT2D eigenvalue weighted by Gasteiger charge is -2.38. The van der Waals surface area contributed by atoms with E-state index in [4.69, 9.17) is 9.16 Å². The van der Waals surface area contributed by atoms with Gasteiger partial charge >= 0.3 is 12.1 Å². The number of amides is 1. The number of hydrogen-bond acceptors (Lipinski definition) is 4. The van der Waals surface area contributed by atoms with Gasteiger partial charge < -0.3 is 14.3 Å². The maximum atomic E-state index is 12.4. The third-order valence-electron chi connectivity index (χ3n) is 5.25. The molecule has 6 nitrogen and oxygen atoms in total. The van der Waals surface area contributed by atoms with Gasteiger partial charge in [0, 0.05) is 13.0 Å². The quantitative estimate of drug-likeness (QED) is 0.786. The van der Waals surface area contributed by atoms with Crippen molar-refractivity contribution in [1.29, 1.82) is 0 Å². The van der Waals surface area contributed by atoms with Crippen LogP contribution in [-0.2, 0) is 20.6 Å².